The highest BCUT2D eigenvalue weighted by Crippen LogP contribution is 2.43. The van der Waals surface area contributed by atoms with Gasteiger partial charge in [0.15, 0.2) is 11.5 Å². The lowest BCUT2D eigenvalue weighted by Gasteiger charge is -2.36. The third-order valence-corrected chi connectivity index (χ3v) is 5.39. The van der Waals surface area contributed by atoms with Gasteiger partial charge in [0, 0.05) is 5.56 Å². The van der Waals surface area contributed by atoms with E-state index in [4.69, 9.17) is 9.47 Å². The molecular formula is C21H22N2O4. The second-order valence-electron chi connectivity index (χ2n) is 6.99. The van der Waals surface area contributed by atoms with Gasteiger partial charge < -0.3 is 9.47 Å². The van der Waals surface area contributed by atoms with Crippen molar-refractivity contribution in [2.24, 2.45) is 0 Å². The van der Waals surface area contributed by atoms with Crippen molar-refractivity contribution in [3.63, 3.8) is 0 Å². The molecule has 1 fully saturated rings. The summed E-state index contributed by atoms with van der Waals surface area (Å²) in [4.78, 5) is 25.4. The number of hydrogen-bond acceptors (Lipinski definition) is 4. The average molecular weight is 366 g/mol. The summed E-state index contributed by atoms with van der Waals surface area (Å²) in [6.07, 6.45) is 4.51. The highest BCUT2D eigenvalue weighted by Gasteiger charge is 2.42. The first-order valence-electron chi connectivity index (χ1n) is 9.25. The Morgan fingerprint density at radius 3 is 2.37 bits per heavy atom. The Balaban J connectivity index is 1.54. The van der Waals surface area contributed by atoms with Crippen LogP contribution in [0.1, 0.15) is 48.0 Å². The van der Waals surface area contributed by atoms with E-state index >= 15 is 0 Å². The maximum atomic E-state index is 13.2. The van der Waals surface area contributed by atoms with Crippen LogP contribution >= 0.6 is 0 Å². The first-order chi connectivity index (χ1) is 13.2. The molecule has 2 aromatic carbocycles. The summed E-state index contributed by atoms with van der Waals surface area (Å²) in [6, 6.07) is 14.5. The smallest absolute Gasteiger partial charge is 0.269 e. The summed E-state index contributed by atoms with van der Waals surface area (Å²) in [7, 11) is 0. The van der Waals surface area contributed by atoms with E-state index in [2.05, 4.69) is 10.9 Å². The van der Waals surface area contributed by atoms with Crippen LogP contribution in [0.25, 0.3) is 0 Å². The topological polar surface area (TPSA) is 76.7 Å². The number of rotatable bonds is 3. The molecule has 6 nitrogen and oxygen atoms in total. The Bertz CT molecular complexity index is 845. The summed E-state index contributed by atoms with van der Waals surface area (Å²) in [6.45, 7) is 0.200. The number of carbonyl (C=O) groups is 2. The van der Waals surface area contributed by atoms with E-state index in [0.29, 0.717) is 17.1 Å². The molecule has 2 amide bonds. The minimum absolute atomic E-state index is 0.189. The molecule has 2 N–H and O–H groups in total. The van der Waals surface area contributed by atoms with Gasteiger partial charge >= 0.3 is 0 Å². The summed E-state index contributed by atoms with van der Waals surface area (Å²) in [5.74, 6) is 0.840. The van der Waals surface area contributed by atoms with Crippen LogP contribution in [0, 0.1) is 0 Å². The summed E-state index contributed by atoms with van der Waals surface area (Å²) in [5, 5.41) is 0. The Kier molecular flexibility index (Phi) is 4.71. The molecule has 0 radical (unpaired) electrons. The average Bonchev–Trinajstić information content (AvgIpc) is 3.20. The second kappa shape index (κ2) is 7.31. The SMILES string of the molecule is O=C(NNC(=O)C1(c2ccc3c(c2)OCO3)CCCCC1)c1ccccc1. The molecule has 1 saturated carbocycles. The maximum Gasteiger partial charge on any atom is 0.269 e. The molecule has 1 aliphatic carbocycles. The Labute approximate surface area is 157 Å². The number of fused-ring (bicyclic) bond motifs is 1. The molecule has 4 rings (SSSR count). The van der Waals surface area contributed by atoms with Crippen molar-refractivity contribution in [1.82, 2.24) is 10.9 Å². The van der Waals surface area contributed by atoms with E-state index in [1.807, 2.05) is 24.3 Å². The third-order valence-electron chi connectivity index (χ3n) is 5.39. The molecule has 0 unspecified atom stereocenters. The van der Waals surface area contributed by atoms with Crippen molar-refractivity contribution in [3.05, 3.63) is 59.7 Å². The fourth-order valence-electron chi connectivity index (χ4n) is 3.89. The molecule has 0 aromatic heterocycles. The van der Waals surface area contributed by atoms with Crippen LogP contribution in [0.5, 0.6) is 11.5 Å². The van der Waals surface area contributed by atoms with E-state index in [1.165, 1.54) is 0 Å². The molecule has 140 valence electrons. The van der Waals surface area contributed by atoms with Crippen molar-refractivity contribution >= 4 is 11.8 Å². The van der Waals surface area contributed by atoms with Gasteiger partial charge in [0.05, 0.1) is 5.41 Å². The molecule has 2 aliphatic rings. The van der Waals surface area contributed by atoms with Crippen molar-refractivity contribution in [3.8, 4) is 11.5 Å². The first-order valence-corrected chi connectivity index (χ1v) is 9.25. The molecule has 1 heterocycles. The van der Waals surface area contributed by atoms with Crippen LogP contribution in [0.2, 0.25) is 0 Å². The van der Waals surface area contributed by atoms with E-state index in [-0.39, 0.29) is 18.6 Å². The van der Waals surface area contributed by atoms with Gasteiger partial charge in [0.25, 0.3) is 5.91 Å². The van der Waals surface area contributed by atoms with E-state index in [0.717, 1.165) is 37.7 Å². The van der Waals surface area contributed by atoms with Crippen LogP contribution < -0.4 is 20.3 Å². The van der Waals surface area contributed by atoms with Gasteiger partial charge in [0.1, 0.15) is 0 Å². The zero-order valence-corrected chi connectivity index (χ0v) is 15.0. The molecule has 0 bridgehead atoms. The number of nitrogens with one attached hydrogen (secondary N) is 2. The molecule has 6 heteroatoms. The lowest BCUT2D eigenvalue weighted by Crippen LogP contribution is -2.52. The number of ether oxygens (including phenoxy) is 2. The zero-order valence-electron chi connectivity index (χ0n) is 15.0. The van der Waals surface area contributed by atoms with Crippen molar-refractivity contribution in [1.29, 1.82) is 0 Å². The van der Waals surface area contributed by atoms with E-state index < -0.39 is 5.41 Å². The summed E-state index contributed by atoms with van der Waals surface area (Å²) < 4.78 is 10.9. The number of amides is 2. The Hall–Kier alpha value is -3.02. The van der Waals surface area contributed by atoms with Crippen LogP contribution in [-0.2, 0) is 10.2 Å². The highest BCUT2D eigenvalue weighted by molar-refractivity contribution is 5.97. The monoisotopic (exact) mass is 366 g/mol. The highest BCUT2D eigenvalue weighted by atomic mass is 16.7. The number of benzene rings is 2. The van der Waals surface area contributed by atoms with Crippen LogP contribution in [0.4, 0.5) is 0 Å². The fraction of sp³-hybridized carbons (Fsp3) is 0.333. The quantitative estimate of drug-likeness (QED) is 0.819. The van der Waals surface area contributed by atoms with Crippen LogP contribution in [-0.4, -0.2) is 18.6 Å². The third kappa shape index (κ3) is 3.35. The fourth-order valence-corrected chi connectivity index (χ4v) is 3.89. The molecular weight excluding hydrogens is 344 g/mol. The first kappa shape index (κ1) is 17.4. The number of hydrazine groups is 1. The molecule has 2 aromatic rings. The Morgan fingerprint density at radius 1 is 0.852 bits per heavy atom. The maximum absolute atomic E-state index is 13.2. The molecule has 0 saturated heterocycles. The molecule has 0 atom stereocenters. The molecule has 1 aliphatic heterocycles. The lowest BCUT2D eigenvalue weighted by atomic mass is 9.69. The Morgan fingerprint density at radius 2 is 1.59 bits per heavy atom. The van der Waals surface area contributed by atoms with Crippen LogP contribution in [0.15, 0.2) is 48.5 Å². The second-order valence-corrected chi connectivity index (χ2v) is 6.99. The molecule has 27 heavy (non-hydrogen) atoms. The van der Waals surface area contributed by atoms with Gasteiger partial charge in [-0.25, -0.2) is 0 Å². The predicted molar refractivity (Wildman–Crippen MR) is 99.4 cm³/mol. The van der Waals surface area contributed by atoms with Gasteiger partial charge in [0.2, 0.25) is 12.7 Å². The van der Waals surface area contributed by atoms with Gasteiger partial charge in [-0.3, -0.25) is 20.4 Å². The zero-order chi connectivity index (χ0) is 18.7. The minimum Gasteiger partial charge on any atom is -0.454 e. The standard InChI is InChI=1S/C21H22N2O4/c24-19(15-7-3-1-4-8-15)22-23-20(25)21(11-5-2-6-12-21)16-9-10-17-18(13-16)27-14-26-17/h1,3-4,7-10,13H,2,5-6,11-12,14H2,(H,22,24)(H,23,25). The van der Waals surface area contributed by atoms with Gasteiger partial charge in [-0.05, 0) is 42.7 Å². The van der Waals surface area contributed by atoms with E-state index in [9.17, 15) is 9.59 Å². The van der Waals surface area contributed by atoms with Gasteiger partial charge in [-0.2, -0.15) is 0 Å². The van der Waals surface area contributed by atoms with Crippen molar-refractivity contribution in [2.75, 3.05) is 6.79 Å². The number of carbonyl (C=O) groups excluding carboxylic acids is 2. The largest absolute Gasteiger partial charge is 0.454 e. The number of hydrogen-bond donors (Lipinski definition) is 2. The van der Waals surface area contributed by atoms with Crippen molar-refractivity contribution in [2.45, 2.75) is 37.5 Å². The van der Waals surface area contributed by atoms with Gasteiger partial charge in [-0.15, -0.1) is 0 Å². The summed E-state index contributed by atoms with van der Waals surface area (Å²) in [5.41, 5.74) is 5.92. The van der Waals surface area contributed by atoms with Gasteiger partial charge in [-0.1, -0.05) is 43.5 Å². The molecule has 0 spiro atoms. The van der Waals surface area contributed by atoms with Crippen molar-refractivity contribution < 1.29 is 19.1 Å². The lowest BCUT2D eigenvalue weighted by molar-refractivity contribution is -0.128. The van der Waals surface area contributed by atoms with E-state index in [1.54, 1.807) is 24.3 Å². The minimum atomic E-state index is -0.677. The summed E-state index contributed by atoms with van der Waals surface area (Å²) >= 11 is 0. The predicted octanol–water partition coefficient (Wildman–Crippen LogP) is 3.08. The van der Waals surface area contributed by atoms with Crippen LogP contribution in [0.3, 0.4) is 0 Å². The normalized spacial score (nSPS) is 17.2.